The lowest BCUT2D eigenvalue weighted by Gasteiger charge is -2.40. The van der Waals surface area contributed by atoms with Gasteiger partial charge in [0.15, 0.2) is 0 Å². The Morgan fingerprint density at radius 1 is 1.26 bits per heavy atom. The van der Waals surface area contributed by atoms with Crippen LogP contribution in [0.2, 0.25) is 0 Å². The number of fused-ring (bicyclic) bond motifs is 2. The van der Waals surface area contributed by atoms with E-state index in [2.05, 4.69) is 15.9 Å². The summed E-state index contributed by atoms with van der Waals surface area (Å²) in [6.07, 6.45) is 3.19. The maximum Gasteiger partial charge on any atom is 0.284 e. The lowest BCUT2D eigenvalue weighted by atomic mass is 9.91. The molecule has 6 heteroatoms. The van der Waals surface area contributed by atoms with Crippen molar-refractivity contribution in [3.63, 3.8) is 0 Å². The van der Waals surface area contributed by atoms with Crippen LogP contribution in [0.4, 0.5) is 8.78 Å². The Bertz CT molecular complexity index is 579. The van der Waals surface area contributed by atoms with Gasteiger partial charge in [-0.3, -0.25) is 4.79 Å². The van der Waals surface area contributed by atoms with Gasteiger partial charge in [0.1, 0.15) is 5.92 Å². The fraction of sp³-hybridized carbons (Fsp3) is 0.588. The molecule has 126 valence electrons. The minimum Gasteiger partial charge on any atom is -0.336 e. The first-order chi connectivity index (χ1) is 10.8. The van der Waals surface area contributed by atoms with Crippen LogP contribution in [0.5, 0.6) is 0 Å². The van der Waals surface area contributed by atoms with Crippen molar-refractivity contribution in [3.8, 4) is 0 Å². The third-order valence-electron chi connectivity index (χ3n) is 5.17. The zero-order chi connectivity index (χ0) is 16.8. The molecule has 1 aromatic rings. The van der Waals surface area contributed by atoms with E-state index in [0.29, 0.717) is 0 Å². The van der Waals surface area contributed by atoms with E-state index >= 15 is 0 Å². The SMILES string of the molecule is C[C@@H](C(=O)N1C2CCC1CC(N)C2)C(F)(F)c1ccc(Br)cc1. The minimum absolute atomic E-state index is 0.0272. The molecular weight excluding hydrogens is 366 g/mol. The van der Waals surface area contributed by atoms with E-state index in [4.69, 9.17) is 5.73 Å². The second-order valence-electron chi connectivity index (χ2n) is 6.71. The molecule has 3 nitrogen and oxygen atoms in total. The molecule has 2 unspecified atom stereocenters. The Balaban J connectivity index is 1.80. The molecule has 2 N–H and O–H groups in total. The molecule has 1 aromatic carbocycles. The van der Waals surface area contributed by atoms with Gasteiger partial charge in [0.25, 0.3) is 5.92 Å². The summed E-state index contributed by atoms with van der Waals surface area (Å²) in [6.45, 7) is 1.33. The molecule has 2 saturated heterocycles. The number of piperidine rings is 1. The fourth-order valence-corrected chi connectivity index (χ4v) is 4.14. The van der Waals surface area contributed by atoms with Gasteiger partial charge >= 0.3 is 0 Å². The van der Waals surface area contributed by atoms with Gasteiger partial charge in [-0.2, -0.15) is 0 Å². The van der Waals surface area contributed by atoms with E-state index in [1.54, 1.807) is 17.0 Å². The molecular formula is C17H21BrF2N2O. The predicted octanol–water partition coefficient (Wildman–Crippen LogP) is 3.66. The highest BCUT2D eigenvalue weighted by atomic mass is 79.9. The number of rotatable bonds is 3. The topological polar surface area (TPSA) is 46.3 Å². The van der Waals surface area contributed by atoms with Gasteiger partial charge in [-0.25, -0.2) is 8.78 Å². The lowest BCUT2D eigenvalue weighted by Crippen LogP contribution is -2.53. The summed E-state index contributed by atoms with van der Waals surface area (Å²) in [5.74, 6) is -5.00. The molecule has 23 heavy (non-hydrogen) atoms. The van der Waals surface area contributed by atoms with Gasteiger partial charge < -0.3 is 10.6 Å². The summed E-state index contributed by atoms with van der Waals surface area (Å²) in [7, 11) is 0. The molecule has 0 radical (unpaired) electrons. The average molecular weight is 387 g/mol. The highest BCUT2D eigenvalue weighted by Gasteiger charge is 2.49. The van der Waals surface area contributed by atoms with Crippen molar-refractivity contribution in [3.05, 3.63) is 34.3 Å². The van der Waals surface area contributed by atoms with Crippen LogP contribution >= 0.6 is 15.9 Å². The van der Waals surface area contributed by atoms with Crippen LogP contribution in [-0.2, 0) is 10.7 Å². The van der Waals surface area contributed by atoms with Crippen molar-refractivity contribution >= 4 is 21.8 Å². The van der Waals surface area contributed by atoms with E-state index in [0.717, 1.165) is 30.2 Å². The number of hydrogen-bond donors (Lipinski definition) is 1. The van der Waals surface area contributed by atoms with E-state index in [1.807, 2.05) is 0 Å². The number of carbonyl (C=O) groups is 1. The molecule has 0 aromatic heterocycles. The molecule has 3 atom stereocenters. The third kappa shape index (κ3) is 3.03. The number of nitrogens with two attached hydrogens (primary N) is 1. The van der Waals surface area contributed by atoms with Crippen LogP contribution in [0, 0.1) is 5.92 Å². The van der Waals surface area contributed by atoms with Gasteiger partial charge in [-0.15, -0.1) is 0 Å². The minimum atomic E-state index is -3.18. The Morgan fingerprint density at radius 3 is 2.30 bits per heavy atom. The first kappa shape index (κ1) is 16.8. The third-order valence-corrected chi connectivity index (χ3v) is 5.70. The van der Waals surface area contributed by atoms with E-state index < -0.39 is 17.7 Å². The average Bonchev–Trinajstić information content (AvgIpc) is 2.78. The molecule has 2 heterocycles. The smallest absolute Gasteiger partial charge is 0.284 e. The van der Waals surface area contributed by atoms with Crippen LogP contribution in [0.1, 0.15) is 38.2 Å². The number of alkyl halides is 2. The van der Waals surface area contributed by atoms with Crippen molar-refractivity contribution in [2.75, 3.05) is 0 Å². The van der Waals surface area contributed by atoms with Crippen molar-refractivity contribution < 1.29 is 13.6 Å². The molecule has 0 saturated carbocycles. The summed E-state index contributed by atoms with van der Waals surface area (Å²) < 4.78 is 30.2. The van der Waals surface area contributed by atoms with Crippen LogP contribution < -0.4 is 5.73 Å². The predicted molar refractivity (Wildman–Crippen MR) is 88.1 cm³/mol. The zero-order valence-corrected chi connectivity index (χ0v) is 14.6. The molecule has 0 spiro atoms. The van der Waals surface area contributed by atoms with Crippen LogP contribution in [-0.4, -0.2) is 28.9 Å². The standard InChI is InChI=1S/C17H21BrF2N2O/c1-10(17(19,20)11-2-4-12(18)5-3-11)16(23)22-14-6-7-15(22)9-13(21)8-14/h2-5,10,13-15H,6-9,21H2,1H3/t10-,13?,14?,15?/m0/s1. The van der Waals surface area contributed by atoms with Gasteiger partial charge in [0.2, 0.25) is 5.91 Å². The first-order valence-corrected chi connectivity index (χ1v) is 8.81. The van der Waals surface area contributed by atoms with Gasteiger partial charge in [0.05, 0.1) is 0 Å². The summed E-state index contributed by atoms with van der Waals surface area (Å²) in [5, 5.41) is 0. The van der Waals surface area contributed by atoms with Crippen LogP contribution in [0.3, 0.4) is 0 Å². The van der Waals surface area contributed by atoms with Crippen LogP contribution in [0.15, 0.2) is 28.7 Å². The molecule has 1 amide bonds. The van der Waals surface area contributed by atoms with Crippen molar-refractivity contribution in [2.45, 2.75) is 56.7 Å². The Hall–Kier alpha value is -1.01. The number of nitrogens with zero attached hydrogens (tertiary/aromatic N) is 1. The fourth-order valence-electron chi connectivity index (χ4n) is 3.88. The second-order valence-corrected chi connectivity index (χ2v) is 7.63. The van der Waals surface area contributed by atoms with E-state index in [1.165, 1.54) is 19.1 Å². The number of hydrogen-bond acceptors (Lipinski definition) is 2. The molecule has 0 aliphatic carbocycles. The Morgan fingerprint density at radius 2 is 1.78 bits per heavy atom. The van der Waals surface area contributed by atoms with Crippen LogP contribution in [0.25, 0.3) is 0 Å². The van der Waals surface area contributed by atoms with Gasteiger partial charge in [-0.1, -0.05) is 28.1 Å². The largest absolute Gasteiger partial charge is 0.336 e. The second kappa shape index (κ2) is 6.13. The summed E-state index contributed by atoms with van der Waals surface area (Å²) in [5.41, 5.74) is 5.87. The van der Waals surface area contributed by atoms with Gasteiger partial charge in [-0.05, 0) is 44.7 Å². The molecule has 2 bridgehead atoms. The molecule has 2 aliphatic heterocycles. The Kier molecular flexibility index (Phi) is 4.49. The zero-order valence-electron chi connectivity index (χ0n) is 13.0. The van der Waals surface area contributed by atoms with E-state index in [9.17, 15) is 13.6 Å². The number of carbonyl (C=O) groups excluding carboxylic acids is 1. The number of benzene rings is 1. The van der Waals surface area contributed by atoms with Crippen molar-refractivity contribution in [1.29, 1.82) is 0 Å². The molecule has 3 rings (SSSR count). The monoisotopic (exact) mass is 386 g/mol. The molecule has 2 aliphatic rings. The highest BCUT2D eigenvalue weighted by Crippen LogP contribution is 2.41. The quantitative estimate of drug-likeness (QED) is 0.861. The number of halogens is 3. The highest BCUT2D eigenvalue weighted by molar-refractivity contribution is 9.10. The number of amides is 1. The first-order valence-electron chi connectivity index (χ1n) is 8.02. The maximum absolute atomic E-state index is 14.8. The summed E-state index contributed by atoms with van der Waals surface area (Å²) >= 11 is 3.24. The van der Waals surface area contributed by atoms with E-state index in [-0.39, 0.29) is 23.7 Å². The summed E-state index contributed by atoms with van der Waals surface area (Å²) in [4.78, 5) is 14.4. The normalized spacial score (nSPS) is 28.7. The van der Waals surface area contributed by atoms with Crippen molar-refractivity contribution in [2.24, 2.45) is 11.7 Å². The van der Waals surface area contributed by atoms with Crippen molar-refractivity contribution in [1.82, 2.24) is 4.90 Å². The summed E-state index contributed by atoms with van der Waals surface area (Å²) in [6, 6.07) is 6.02. The maximum atomic E-state index is 14.8. The lowest BCUT2D eigenvalue weighted by molar-refractivity contribution is -0.154. The van der Waals surface area contributed by atoms with Gasteiger partial charge in [0, 0.05) is 28.2 Å². The Labute approximate surface area is 143 Å². The molecule has 2 fully saturated rings.